The smallest absolute Gasteiger partial charge is 0.0207 e. The van der Waals surface area contributed by atoms with E-state index < -0.39 is 0 Å². The van der Waals surface area contributed by atoms with Crippen LogP contribution in [0.5, 0.6) is 0 Å². The Kier molecular flexibility index (Phi) is 2.36. The monoisotopic (exact) mass is 182 g/mol. The van der Waals surface area contributed by atoms with Crippen molar-refractivity contribution in [1.82, 2.24) is 0 Å². The van der Waals surface area contributed by atoms with Gasteiger partial charge in [-0.25, -0.2) is 0 Å². The van der Waals surface area contributed by atoms with Gasteiger partial charge in [-0.1, -0.05) is 55.2 Å². The minimum atomic E-state index is 0.454. The Morgan fingerprint density at radius 2 is 1.93 bits per heavy atom. The van der Waals surface area contributed by atoms with Gasteiger partial charge in [0.05, 0.1) is 0 Å². The van der Waals surface area contributed by atoms with Crippen molar-refractivity contribution in [3.8, 4) is 0 Å². The summed E-state index contributed by atoms with van der Waals surface area (Å²) in [5, 5.41) is 0. The molecule has 0 radical (unpaired) electrons. The minimum absolute atomic E-state index is 0.454. The van der Waals surface area contributed by atoms with Crippen LogP contribution in [-0.4, -0.2) is 0 Å². The highest BCUT2D eigenvalue weighted by Gasteiger charge is 2.10. The Bertz CT molecular complexity index is 396. The Balaban J connectivity index is 2.47. The molecule has 70 valence electrons. The van der Waals surface area contributed by atoms with Crippen molar-refractivity contribution in [1.29, 1.82) is 0 Å². The summed E-state index contributed by atoms with van der Waals surface area (Å²) in [4.78, 5) is 0. The number of hydrogen-bond acceptors (Lipinski definition) is 0. The van der Waals surface area contributed by atoms with Crippen molar-refractivity contribution < 1.29 is 0 Å². The fourth-order valence-electron chi connectivity index (χ4n) is 1.89. The number of allylic oxidation sites excluding steroid dienone is 4. The molecule has 1 aliphatic rings. The van der Waals surface area contributed by atoms with Crippen LogP contribution in [0.2, 0.25) is 0 Å². The van der Waals surface area contributed by atoms with Crippen LogP contribution in [0.3, 0.4) is 0 Å². The van der Waals surface area contributed by atoms with E-state index in [0.29, 0.717) is 5.92 Å². The average molecular weight is 182 g/mol. The van der Waals surface area contributed by atoms with Crippen LogP contribution in [-0.2, 0) is 0 Å². The van der Waals surface area contributed by atoms with E-state index in [4.69, 9.17) is 0 Å². The molecule has 1 aromatic rings. The van der Waals surface area contributed by atoms with Gasteiger partial charge in [-0.05, 0) is 23.6 Å². The molecule has 0 heterocycles. The largest absolute Gasteiger partial charge is 0.0985 e. The predicted octanol–water partition coefficient (Wildman–Crippen LogP) is 3.85. The summed E-state index contributed by atoms with van der Waals surface area (Å²) in [7, 11) is 0. The maximum absolute atomic E-state index is 3.82. The summed E-state index contributed by atoms with van der Waals surface area (Å²) < 4.78 is 0. The van der Waals surface area contributed by atoms with E-state index >= 15 is 0 Å². The Morgan fingerprint density at radius 3 is 2.57 bits per heavy atom. The highest BCUT2D eigenvalue weighted by molar-refractivity contribution is 5.56. The van der Waals surface area contributed by atoms with Crippen LogP contribution >= 0.6 is 0 Å². The Labute approximate surface area is 85.3 Å². The number of rotatable bonds is 2. The zero-order valence-corrected chi connectivity index (χ0v) is 8.40. The zero-order chi connectivity index (χ0) is 9.97. The normalized spacial score (nSPS) is 14.9. The summed E-state index contributed by atoms with van der Waals surface area (Å²) >= 11 is 0. The van der Waals surface area contributed by atoms with Crippen molar-refractivity contribution in [2.45, 2.75) is 12.8 Å². The minimum Gasteiger partial charge on any atom is -0.0985 e. The highest BCUT2D eigenvalue weighted by Crippen LogP contribution is 2.27. The van der Waals surface area contributed by atoms with E-state index in [9.17, 15) is 0 Å². The predicted molar refractivity (Wildman–Crippen MR) is 62.3 cm³/mol. The molecule has 0 unspecified atom stereocenters. The first kappa shape index (κ1) is 9.01. The molecule has 0 spiro atoms. The molecule has 0 fully saturated rings. The highest BCUT2D eigenvalue weighted by atomic mass is 14.1. The molecule has 14 heavy (non-hydrogen) atoms. The first-order valence-corrected chi connectivity index (χ1v) is 4.90. The van der Waals surface area contributed by atoms with Gasteiger partial charge in [0.2, 0.25) is 0 Å². The van der Waals surface area contributed by atoms with Gasteiger partial charge in [0.1, 0.15) is 0 Å². The van der Waals surface area contributed by atoms with Crippen LogP contribution < -0.4 is 0 Å². The van der Waals surface area contributed by atoms with E-state index in [0.717, 1.165) is 0 Å². The molecule has 0 aliphatic heterocycles. The van der Waals surface area contributed by atoms with Crippen LogP contribution in [0.25, 0.3) is 6.08 Å². The lowest BCUT2D eigenvalue weighted by Gasteiger charge is -2.12. The first-order valence-electron chi connectivity index (χ1n) is 4.90. The lowest BCUT2D eigenvalue weighted by atomic mass is 9.93. The standard InChI is InChI=1S/C14H14/c1-3-12-9-6-10-14(11(12)2)13-7-4-5-8-13/h3-10,13H,1H2,2H3. The number of hydrogen-bond donors (Lipinski definition) is 0. The van der Waals surface area contributed by atoms with Crippen molar-refractivity contribution in [2.24, 2.45) is 0 Å². The second-order valence-electron chi connectivity index (χ2n) is 3.56. The molecular weight excluding hydrogens is 168 g/mol. The fraction of sp³-hybridized carbons (Fsp3) is 0.143. The summed E-state index contributed by atoms with van der Waals surface area (Å²) in [6.07, 6.45) is 10.6. The molecule has 0 saturated heterocycles. The summed E-state index contributed by atoms with van der Waals surface area (Å²) in [5.74, 6) is 0.454. The van der Waals surface area contributed by atoms with E-state index in [1.807, 2.05) is 6.08 Å². The van der Waals surface area contributed by atoms with Crippen LogP contribution in [0, 0.1) is 6.92 Å². The van der Waals surface area contributed by atoms with Crippen molar-refractivity contribution in [3.63, 3.8) is 0 Å². The van der Waals surface area contributed by atoms with Crippen LogP contribution in [0.4, 0.5) is 0 Å². The molecule has 1 aliphatic carbocycles. The third-order valence-corrected chi connectivity index (χ3v) is 2.74. The van der Waals surface area contributed by atoms with Crippen molar-refractivity contribution in [2.75, 3.05) is 0 Å². The van der Waals surface area contributed by atoms with Gasteiger partial charge in [-0.2, -0.15) is 0 Å². The van der Waals surface area contributed by atoms with Crippen molar-refractivity contribution >= 4 is 6.08 Å². The third kappa shape index (κ3) is 1.44. The van der Waals surface area contributed by atoms with Crippen LogP contribution in [0.15, 0.2) is 49.1 Å². The molecular formula is C14H14. The molecule has 0 aromatic heterocycles. The van der Waals surface area contributed by atoms with Crippen molar-refractivity contribution in [3.05, 3.63) is 65.8 Å². The molecule has 0 saturated carbocycles. The Hall–Kier alpha value is -1.56. The molecule has 0 bridgehead atoms. The summed E-state index contributed by atoms with van der Waals surface area (Å²) in [5.41, 5.74) is 3.95. The molecule has 0 atom stereocenters. The van der Waals surface area contributed by atoms with Gasteiger partial charge in [0.25, 0.3) is 0 Å². The lowest BCUT2D eigenvalue weighted by Crippen LogP contribution is -1.94. The molecule has 2 rings (SSSR count). The summed E-state index contributed by atoms with van der Waals surface area (Å²) in [6.45, 7) is 5.98. The van der Waals surface area contributed by atoms with E-state index in [-0.39, 0.29) is 0 Å². The lowest BCUT2D eigenvalue weighted by molar-refractivity contribution is 1.07. The maximum Gasteiger partial charge on any atom is 0.0207 e. The molecule has 1 aromatic carbocycles. The van der Waals surface area contributed by atoms with E-state index in [2.05, 4.69) is 56.0 Å². The third-order valence-electron chi connectivity index (χ3n) is 2.74. The average Bonchev–Trinajstić information content (AvgIpc) is 2.71. The molecule has 0 N–H and O–H groups in total. The molecule has 0 heteroatoms. The maximum atomic E-state index is 3.82. The van der Waals surface area contributed by atoms with Gasteiger partial charge in [0.15, 0.2) is 0 Å². The van der Waals surface area contributed by atoms with Gasteiger partial charge >= 0.3 is 0 Å². The SMILES string of the molecule is C=Cc1cccc(C2C=CC=C2)c1C. The van der Waals surface area contributed by atoms with E-state index in [1.165, 1.54) is 16.7 Å². The second-order valence-corrected chi connectivity index (χ2v) is 3.56. The van der Waals surface area contributed by atoms with Gasteiger partial charge in [-0.3, -0.25) is 0 Å². The summed E-state index contributed by atoms with van der Waals surface area (Å²) in [6, 6.07) is 6.39. The number of benzene rings is 1. The first-order chi connectivity index (χ1) is 6.83. The quantitative estimate of drug-likeness (QED) is 0.651. The van der Waals surface area contributed by atoms with E-state index in [1.54, 1.807) is 0 Å². The zero-order valence-electron chi connectivity index (χ0n) is 8.40. The Morgan fingerprint density at radius 1 is 1.21 bits per heavy atom. The molecule has 0 amide bonds. The second kappa shape index (κ2) is 3.67. The topological polar surface area (TPSA) is 0 Å². The van der Waals surface area contributed by atoms with Gasteiger partial charge < -0.3 is 0 Å². The fourth-order valence-corrected chi connectivity index (χ4v) is 1.89. The van der Waals surface area contributed by atoms with Crippen LogP contribution in [0.1, 0.15) is 22.6 Å². The molecule has 0 nitrogen and oxygen atoms in total. The van der Waals surface area contributed by atoms with Gasteiger partial charge in [0, 0.05) is 5.92 Å². The van der Waals surface area contributed by atoms with Gasteiger partial charge in [-0.15, -0.1) is 0 Å².